The summed E-state index contributed by atoms with van der Waals surface area (Å²) in [6.07, 6.45) is 1.09. The Labute approximate surface area is 201 Å². The molecule has 1 aromatic heterocycles. The first kappa shape index (κ1) is 24.0. The molecule has 0 radical (unpaired) electrons. The number of amides is 1. The summed E-state index contributed by atoms with van der Waals surface area (Å²) in [4.78, 5) is 12.7. The van der Waals surface area contributed by atoms with Crippen molar-refractivity contribution in [3.8, 4) is 22.5 Å². The Morgan fingerprint density at radius 1 is 1.18 bits per heavy atom. The number of rotatable bonds is 7. The van der Waals surface area contributed by atoms with Crippen LogP contribution in [0.15, 0.2) is 48.5 Å². The van der Waals surface area contributed by atoms with E-state index in [2.05, 4.69) is 35.5 Å². The number of carbonyl (C=O) groups excluding carboxylic acids is 1. The number of hydrogen-bond donors (Lipinski definition) is 2. The Hall–Kier alpha value is -3.19. The summed E-state index contributed by atoms with van der Waals surface area (Å²) in [5.41, 5.74) is 5.09. The van der Waals surface area contributed by atoms with E-state index in [1.54, 1.807) is 0 Å². The van der Waals surface area contributed by atoms with Crippen LogP contribution >= 0.6 is 0 Å². The van der Waals surface area contributed by atoms with Crippen molar-refractivity contribution in [1.29, 1.82) is 0 Å². The Balaban J connectivity index is 1.82. The molecule has 7 nitrogen and oxygen atoms in total. The fourth-order valence-electron chi connectivity index (χ4n) is 4.48. The first-order valence-electron chi connectivity index (χ1n) is 12.0. The highest BCUT2D eigenvalue weighted by Crippen LogP contribution is 2.43. The van der Waals surface area contributed by atoms with Gasteiger partial charge >= 0.3 is 6.09 Å². The van der Waals surface area contributed by atoms with E-state index < -0.39 is 17.7 Å². The fraction of sp³-hybridized carbons (Fsp3) is 0.444. The summed E-state index contributed by atoms with van der Waals surface area (Å²) in [7, 11) is 0. The van der Waals surface area contributed by atoms with E-state index in [-0.39, 0.29) is 6.61 Å². The van der Waals surface area contributed by atoms with Gasteiger partial charge in [-0.15, -0.1) is 5.10 Å². The minimum absolute atomic E-state index is 0.0438. The van der Waals surface area contributed by atoms with E-state index in [1.807, 2.05) is 61.0 Å². The number of alkyl carbamates (subject to hydrolysis) is 1. The second kappa shape index (κ2) is 9.97. The third-order valence-corrected chi connectivity index (χ3v) is 6.45. The molecule has 1 unspecified atom stereocenters. The van der Waals surface area contributed by atoms with Crippen LogP contribution in [-0.2, 0) is 16.7 Å². The Kier molecular flexibility index (Phi) is 7.03. The van der Waals surface area contributed by atoms with Gasteiger partial charge in [0.15, 0.2) is 0 Å². The predicted molar refractivity (Wildman–Crippen MR) is 132 cm³/mol. The maximum absolute atomic E-state index is 12.7. The molecule has 0 aliphatic heterocycles. The minimum Gasteiger partial charge on any atom is -0.441 e. The molecule has 0 fully saturated rings. The second-order valence-corrected chi connectivity index (χ2v) is 9.94. The van der Waals surface area contributed by atoms with Gasteiger partial charge < -0.3 is 15.2 Å². The van der Waals surface area contributed by atoms with Crippen molar-refractivity contribution in [2.24, 2.45) is 5.92 Å². The molecule has 3 aromatic rings. The lowest BCUT2D eigenvalue weighted by atomic mass is 9.87. The van der Waals surface area contributed by atoms with Crippen LogP contribution in [0.2, 0.25) is 0 Å². The summed E-state index contributed by atoms with van der Waals surface area (Å²) < 4.78 is 7.92. The largest absolute Gasteiger partial charge is 0.441 e. The second-order valence-electron chi connectivity index (χ2n) is 9.94. The van der Waals surface area contributed by atoms with Crippen LogP contribution in [0.5, 0.6) is 0 Å². The zero-order valence-corrected chi connectivity index (χ0v) is 20.4. The van der Waals surface area contributed by atoms with Crippen molar-refractivity contribution in [3.63, 3.8) is 0 Å². The van der Waals surface area contributed by atoms with Gasteiger partial charge in [-0.2, -0.15) is 0 Å². The maximum atomic E-state index is 12.7. The van der Waals surface area contributed by atoms with Gasteiger partial charge in [0.05, 0.1) is 11.2 Å². The van der Waals surface area contributed by atoms with Gasteiger partial charge in [-0.3, -0.25) is 0 Å². The third-order valence-electron chi connectivity index (χ3n) is 6.45. The predicted octanol–water partition coefficient (Wildman–Crippen LogP) is 5.10. The molecule has 1 atom stereocenters. The molecule has 4 rings (SSSR count). The molecule has 7 heteroatoms. The van der Waals surface area contributed by atoms with Gasteiger partial charge in [-0.25, -0.2) is 9.48 Å². The summed E-state index contributed by atoms with van der Waals surface area (Å²) in [5, 5.41) is 21.7. The number of nitrogens with zero attached hydrogens (tertiary/aromatic N) is 3. The Bertz CT molecular complexity index is 1150. The van der Waals surface area contributed by atoms with Gasteiger partial charge in [-0.1, -0.05) is 67.6 Å². The number of nitrogens with one attached hydrogen (secondary N) is 1. The number of fused-ring (bicyclic) bond motifs is 5. The molecule has 34 heavy (non-hydrogen) atoms. The van der Waals surface area contributed by atoms with Gasteiger partial charge in [-0.05, 0) is 38.2 Å². The van der Waals surface area contributed by atoms with E-state index in [0.717, 1.165) is 40.1 Å². The number of benzene rings is 2. The van der Waals surface area contributed by atoms with Gasteiger partial charge in [0.25, 0.3) is 0 Å². The quantitative estimate of drug-likeness (QED) is 0.510. The maximum Gasteiger partial charge on any atom is 0.407 e. The number of ether oxygens (including phenoxy) is 1. The average molecular weight is 463 g/mol. The SMILES string of the molecule is CC(C)CCNC(=O)OC1Cc2ccccc2-c2nnn(C(C)(C)CCO)c2-c2ccccc21. The molecular formula is C27H34N4O3. The Morgan fingerprint density at radius 2 is 1.88 bits per heavy atom. The van der Waals surface area contributed by atoms with Crippen LogP contribution in [0.25, 0.3) is 22.5 Å². The average Bonchev–Trinajstić information content (AvgIpc) is 3.23. The highest BCUT2D eigenvalue weighted by Gasteiger charge is 2.33. The van der Waals surface area contributed by atoms with E-state index >= 15 is 0 Å². The van der Waals surface area contributed by atoms with Gasteiger partial charge in [0, 0.05) is 36.3 Å². The number of aromatic nitrogens is 3. The van der Waals surface area contributed by atoms with Crippen LogP contribution in [0.4, 0.5) is 4.79 Å². The van der Waals surface area contributed by atoms with Crippen LogP contribution in [-0.4, -0.2) is 39.3 Å². The van der Waals surface area contributed by atoms with Crippen LogP contribution in [0.3, 0.4) is 0 Å². The van der Waals surface area contributed by atoms with E-state index in [4.69, 9.17) is 4.74 Å². The van der Waals surface area contributed by atoms with Crippen molar-refractivity contribution >= 4 is 6.09 Å². The van der Waals surface area contributed by atoms with E-state index in [0.29, 0.717) is 25.3 Å². The lowest BCUT2D eigenvalue weighted by Gasteiger charge is -2.29. The van der Waals surface area contributed by atoms with E-state index in [9.17, 15) is 9.90 Å². The van der Waals surface area contributed by atoms with Gasteiger partial charge in [0.1, 0.15) is 11.8 Å². The molecule has 0 saturated heterocycles. The first-order valence-corrected chi connectivity index (χ1v) is 12.0. The molecule has 0 spiro atoms. The highest BCUT2D eigenvalue weighted by molar-refractivity contribution is 5.83. The van der Waals surface area contributed by atoms with E-state index in [1.165, 1.54) is 0 Å². The normalized spacial score (nSPS) is 15.1. The third kappa shape index (κ3) is 4.85. The molecular weight excluding hydrogens is 428 g/mol. The fourth-order valence-corrected chi connectivity index (χ4v) is 4.48. The zero-order chi connectivity index (χ0) is 24.3. The highest BCUT2D eigenvalue weighted by atomic mass is 16.6. The van der Waals surface area contributed by atoms with Crippen molar-refractivity contribution < 1.29 is 14.6 Å². The molecule has 0 bridgehead atoms. The minimum atomic E-state index is -0.464. The molecule has 1 heterocycles. The van der Waals surface area contributed by atoms with Crippen molar-refractivity contribution in [3.05, 3.63) is 59.7 Å². The first-order chi connectivity index (χ1) is 16.3. The summed E-state index contributed by atoms with van der Waals surface area (Å²) >= 11 is 0. The standard InChI is InChI=1S/C27H34N4O3/c1-18(2)13-15-28-26(33)34-23-17-19-9-5-6-10-20(19)24-25(22-12-8-7-11-21(22)23)31(30-29-24)27(3,4)14-16-32/h5-12,18,23,32H,13-17H2,1-4H3,(H,28,33). The molecule has 180 valence electrons. The molecule has 2 aromatic carbocycles. The molecule has 2 N–H and O–H groups in total. The summed E-state index contributed by atoms with van der Waals surface area (Å²) in [6, 6.07) is 16.1. The smallest absolute Gasteiger partial charge is 0.407 e. The molecule has 0 saturated carbocycles. The number of aliphatic hydroxyl groups is 1. The monoisotopic (exact) mass is 462 g/mol. The number of hydrogen-bond acceptors (Lipinski definition) is 5. The molecule has 1 aliphatic carbocycles. The zero-order valence-electron chi connectivity index (χ0n) is 20.4. The topological polar surface area (TPSA) is 89.3 Å². The summed E-state index contributed by atoms with van der Waals surface area (Å²) in [5.74, 6) is 0.503. The van der Waals surface area contributed by atoms with Gasteiger partial charge in [0.2, 0.25) is 0 Å². The Morgan fingerprint density at radius 3 is 2.62 bits per heavy atom. The van der Waals surface area contributed by atoms with Crippen molar-refractivity contribution in [1.82, 2.24) is 20.3 Å². The van der Waals surface area contributed by atoms with Crippen LogP contribution < -0.4 is 5.32 Å². The lowest BCUT2D eigenvalue weighted by molar-refractivity contribution is 0.0974. The molecule has 1 amide bonds. The van der Waals surface area contributed by atoms with Crippen molar-refractivity contribution in [2.45, 2.75) is 58.6 Å². The summed E-state index contributed by atoms with van der Waals surface area (Å²) in [6.45, 7) is 8.97. The number of carbonyl (C=O) groups is 1. The van der Waals surface area contributed by atoms with Crippen LogP contribution in [0, 0.1) is 5.92 Å². The van der Waals surface area contributed by atoms with Crippen molar-refractivity contribution in [2.75, 3.05) is 13.2 Å². The van der Waals surface area contributed by atoms with Crippen LogP contribution in [0.1, 0.15) is 57.8 Å². The number of aliphatic hydroxyl groups excluding tert-OH is 1. The lowest BCUT2D eigenvalue weighted by Crippen LogP contribution is -2.30. The molecule has 1 aliphatic rings.